The minimum atomic E-state index is 0. The Labute approximate surface area is 96.9 Å². The monoisotopic (exact) mass is 352 g/mol. The van der Waals surface area contributed by atoms with Crippen LogP contribution in [0.4, 0.5) is 0 Å². The molecule has 2 fully saturated rings. The van der Waals surface area contributed by atoms with Gasteiger partial charge in [-0.25, -0.2) is 0 Å². The van der Waals surface area contributed by atoms with Crippen LogP contribution >= 0.6 is 0 Å². The standard InChI is InChI=1S/C8H15N2.C2H5.W/c1-9-5-7-3-4-10(2)8(7)6-9;1-2;/h7-8H,1,3-6H2,2H3;1H2,2H3;/q2*-1;+2/t7-,8+;;/m1../s1. The number of fused-ring (bicyclic) bond motifs is 1. The van der Waals surface area contributed by atoms with Crippen LogP contribution in [-0.4, -0.2) is 42.5 Å². The molecule has 0 spiro atoms. The molecule has 2 aliphatic heterocycles. The summed E-state index contributed by atoms with van der Waals surface area (Å²) < 4.78 is 0. The van der Waals surface area contributed by atoms with Crippen molar-refractivity contribution in [2.24, 2.45) is 5.92 Å². The molecule has 2 nitrogen and oxygen atoms in total. The quantitative estimate of drug-likeness (QED) is 0.606. The maximum Gasteiger partial charge on any atom is 2.00 e. The molecule has 13 heavy (non-hydrogen) atoms. The summed E-state index contributed by atoms with van der Waals surface area (Å²) in [5, 5.41) is 0. The Bertz CT molecular complexity index is 141. The summed E-state index contributed by atoms with van der Waals surface area (Å²) in [5.41, 5.74) is 0. The number of likely N-dealkylation sites (tertiary alicyclic amines) is 2. The maximum absolute atomic E-state index is 3.96. The van der Waals surface area contributed by atoms with Gasteiger partial charge in [0.05, 0.1) is 0 Å². The summed E-state index contributed by atoms with van der Waals surface area (Å²) >= 11 is 0. The molecular formula is C10H20N2W. The van der Waals surface area contributed by atoms with Gasteiger partial charge >= 0.3 is 21.1 Å². The van der Waals surface area contributed by atoms with E-state index in [0.29, 0.717) is 0 Å². The van der Waals surface area contributed by atoms with Crippen molar-refractivity contribution in [1.82, 2.24) is 9.80 Å². The molecule has 0 aromatic rings. The summed E-state index contributed by atoms with van der Waals surface area (Å²) in [7, 11) is 6.19. The zero-order valence-electron chi connectivity index (χ0n) is 8.70. The number of nitrogens with zero attached hydrogens (tertiary/aromatic N) is 2. The zero-order chi connectivity index (χ0) is 9.14. The Hall–Kier alpha value is 0.608. The third-order valence-corrected chi connectivity index (χ3v) is 2.90. The molecule has 0 aliphatic carbocycles. The van der Waals surface area contributed by atoms with Gasteiger partial charge in [-0.1, -0.05) is 0 Å². The predicted octanol–water partition coefficient (Wildman–Crippen LogP) is 1.25. The van der Waals surface area contributed by atoms with Crippen LogP contribution in [0.15, 0.2) is 0 Å². The summed E-state index contributed by atoms with van der Waals surface area (Å²) in [5.74, 6) is 0.919. The van der Waals surface area contributed by atoms with E-state index in [2.05, 4.69) is 30.8 Å². The van der Waals surface area contributed by atoms with E-state index in [1.165, 1.54) is 26.1 Å². The molecule has 2 saturated heterocycles. The average molecular weight is 352 g/mol. The molecule has 3 heteroatoms. The van der Waals surface area contributed by atoms with Crippen molar-refractivity contribution in [2.75, 3.05) is 26.7 Å². The van der Waals surface area contributed by atoms with Crippen LogP contribution < -0.4 is 0 Å². The first-order valence-electron chi connectivity index (χ1n) is 4.74. The summed E-state index contributed by atoms with van der Waals surface area (Å²) in [6, 6.07) is 0.817. The topological polar surface area (TPSA) is 6.48 Å². The molecule has 0 amide bonds. The molecule has 0 N–H and O–H groups in total. The van der Waals surface area contributed by atoms with E-state index in [-0.39, 0.29) is 21.1 Å². The van der Waals surface area contributed by atoms with Crippen LogP contribution in [0.25, 0.3) is 0 Å². The minimum absolute atomic E-state index is 0. The third kappa shape index (κ3) is 3.04. The van der Waals surface area contributed by atoms with Gasteiger partial charge in [-0.2, -0.15) is 6.92 Å². The van der Waals surface area contributed by atoms with Gasteiger partial charge in [0, 0.05) is 6.04 Å². The zero-order valence-corrected chi connectivity index (χ0v) is 11.6. The molecule has 2 aliphatic rings. The van der Waals surface area contributed by atoms with Crippen molar-refractivity contribution in [2.45, 2.75) is 19.4 Å². The fraction of sp³-hybridized carbons (Fsp3) is 0.800. The summed E-state index contributed by atoms with van der Waals surface area (Å²) in [4.78, 5) is 4.67. The Morgan fingerprint density at radius 2 is 1.85 bits per heavy atom. The van der Waals surface area contributed by atoms with Crippen molar-refractivity contribution < 1.29 is 21.1 Å². The van der Waals surface area contributed by atoms with E-state index in [4.69, 9.17) is 0 Å². The molecule has 0 saturated carbocycles. The molecule has 0 aromatic carbocycles. The average Bonchev–Trinajstić information content (AvgIpc) is 2.58. The minimum Gasteiger partial charge on any atom is -0.458 e. The third-order valence-electron chi connectivity index (χ3n) is 2.90. The molecule has 2 rings (SSSR count). The van der Waals surface area contributed by atoms with Crippen LogP contribution in [0.1, 0.15) is 13.3 Å². The Morgan fingerprint density at radius 3 is 2.38 bits per heavy atom. The molecule has 2 heterocycles. The summed E-state index contributed by atoms with van der Waals surface area (Å²) in [6.07, 6.45) is 1.38. The van der Waals surface area contributed by atoms with Gasteiger partial charge in [0.25, 0.3) is 0 Å². The van der Waals surface area contributed by atoms with Gasteiger partial charge in [0.15, 0.2) is 0 Å². The van der Waals surface area contributed by atoms with E-state index in [0.717, 1.165) is 12.0 Å². The molecule has 0 bridgehead atoms. The van der Waals surface area contributed by atoms with Gasteiger partial charge in [0.2, 0.25) is 0 Å². The molecule has 0 unspecified atom stereocenters. The van der Waals surface area contributed by atoms with Crippen molar-refractivity contribution in [3.05, 3.63) is 14.0 Å². The van der Waals surface area contributed by atoms with Crippen molar-refractivity contribution in [1.29, 1.82) is 0 Å². The summed E-state index contributed by atoms with van der Waals surface area (Å²) in [6.45, 7) is 8.69. The van der Waals surface area contributed by atoms with E-state index < -0.39 is 0 Å². The molecule has 0 radical (unpaired) electrons. The van der Waals surface area contributed by atoms with Crippen LogP contribution in [0.3, 0.4) is 0 Å². The van der Waals surface area contributed by atoms with Crippen molar-refractivity contribution >= 4 is 0 Å². The van der Waals surface area contributed by atoms with Gasteiger partial charge in [0.1, 0.15) is 0 Å². The van der Waals surface area contributed by atoms with Crippen LogP contribution in [-0.2, 0) is 21.1 Å². The van der Waals surface area contributed by atoms with E-state index in [9.17, 15) is 0 Å². The van der Waals surface area contributed by atoms with Crippen molar-refractivity contribution in [3.8, 4) is 0 Å². The Morgan fingerprint density at radius 1 is 1.23 bits per heavy atom. The fourth-order valence-electron chi connectivity index (χ4n) is 2.26. The van der Waals surface area contributed by atoms with Gasteiger partial charge < -0.3 is 16.7 Å². The smallest absolute Gasteiger partial charge is 0.458 e. The van der Waals surface area contributed by atoms with E-state index >= 15 is 0 Å². The largest absolute Gasteiger partial charge is 2.00 e. The van der Waals surface area contributed by atoms with E-state index in [1.54, 1.807) is 6.92 Å². The predicted molar refractivity (Wildman–Crippen MR) is 52.5 cm³/mol. The second kappa shape index (κ2) is 6.16. The number of hydrogen-bond acceptors (Lipinski definition) is 2. The first-order chi connectivity index (χ1) is 5.77. The normalized spacial score (nSPS) is 33.2. The SMILES string of the molecule is [CH2-]C.[CH2-]N1C[C@H]2CCN(C)[C@H]2C1.[W+2]. The van der Waals surface area contributed by atoms with E-state index in [1.807, 2.05) is 0 Å². The molecule has 76 valence electrons. The molecule has 0 aromatic heterocycles. The maximum atomic E-state index is 3.96. The van der Waals surface area contributed by atoms with Crippen LogP contribution in [0.2, 0.25) is 0 Å². The Kier molecular flexibility index (Phi) is 6.45. The van der Waals surface area contributed by atoms with Crippen molar-refractivity contribution in [3.63, 3.8) is 0 Å². The number of likely N-dealkylation sites (N-methyl/N-ethyl adjacent to an activating group) is 1. The second-order valence-corrected chi connectivity index (χ2v) is 3.63. The van der Waals surface area contributed by atoms with Crippen LogP contribution in [0.5, 0.6) is 0 Å². The molecule has 2 atom stereocenters. The first kappa shape index (κ1) is 13.6. The molecular weight excluding hydrogens is 332 g/mol. The first-order valence-corrected chi connectivity index (χ1v) is 4.74. The van der Waals surface area contributed by atoms with Crippen LogP contribution in [0, 0.1) is 19.9 Å². The van der Waals surface area contributed by atoms with Gasteiger partial charge in [-0.3, -0.25) is 7.05 Å². The number of hydrogen-bond donors (Lipinski definition) is 0. The van der Waals surface area contributed by atoms with Gasteiger partial charge in [-0.05, 0) is 39.0 Å². The number of rotatable bonds is 0. The fourth-order valence-corrected chi connectivity index (χ4v) is 2.26. The van der Waals surface area contributed by atoms with Gasteiger partial charge in [-0.15, -0.1) is 0 Å². The Balaban J connectivity index is 0.000000451. The second-order valence-electron chi connectivity index (χ2n) is 3.63.